The van der Waals surface area contributed by atoms with E-state index < -0.39 is 0 Å². The number of nitrogens with zero attached hydrogens (tertiary/aromatic N) is 3. The highest BCUT2D eigenvalue weighted by molar-refractivity contribution is 5.75. The standard InChI is InChI=1S/C14H24N4O2/c1-12(18-7-9-20-10-8-18)3-4-14(19)17(2)11-13-15-5-6-16-13/h5-6,12H,3-4,7-11H2,1-2H3,(H,15,16). The van der Waals surface area contributed by atoms with Crippen LogP contribution in [-0.4, -0.2) is 65.1 Å². The predicted octanol–water partition coefficient (Wildman–Crippen LogP) is 0.869. The van der Waals surface area contributed by atoms with Crippen molar-refractivity contribution in [3.63, 3.8) is 0 Å². The molecule has 1 fully saturated rings. The molecule has 2 heterocycles. The van der Waals surface area contributed by atoms with Crippen molar-refractivity contribution in [1.82, 2.24) is 19.8 Å². The van der Waals surface area contributed by atoms with Crippen LogP contribution in [0.5, 0.6) is 0 Å². The second kappa shape index (κ2) is 7.40. The fraction of sp³-hybridized carbons (Fsp3) is 0.714. The zero-order chi connectivity index (χ0) is 14.4. The van der Waals surface area contributed by atoms with Crippen LogP contribution < -0.4 is 0 Å². The Morgan fingerprint density at radius 1 is 1.55 bits per heavy atom. The Hall–Kier alpha value is -1.40. The molecule has 1 amide bonds. The Labute approximate surface area is 120 Å². The van der Waals surface area contributed by atoms with E-state index in [1.807, 2.05) is 7.05 Å². The molecule has 1 saturated heterocycles. The fourth-order valence-electron chi connectivity index (χ4n) is 2.42. The van der Waals surface area contributed by atoms with Crippen LogP contribution in [0.25, 0.3) is 0 Å². The Morgan fingerprint density at radius 2 is 2.30 bits per heavy atom. The fourth-order valence-corrected chi connectivity index (χ4v) is 2.42. The molecule has 6 heteroatoms. The molecule has 1 aliphatic rings. The highest BCUT2D eigenvalue weighted by Crippen LogP contribution is 2.10. The number of rotatable bonds is 6. The summed E-state index contributed by atoms with van der Waals surface area (Å²) >= 11 is 0. The van der Waals surface area contributed by atoms with E-state index in [0.717, 1.165) is 38.5 Å². The van der Waals surface area contributed by atoms with Crippen molar-refractivity contribution >= 4 is 5.91 Å². The summed E-state index contributed by atoms with van der Waals surface area (Å²) in [5, 5.41) is 0. The second-order valence-electron chi connectivity index (χ2n) is 5.32. The summed E-state index contributed by atoms with van der Waals surface area (Å²) in [5.41, 5.74) is 0. The number of aromatic nitrogens is 2. The average Bonchev–Trinajstić information content (AvgIpc) is 2.98. The van der Waals surface area contributed by atoms with E-state index in [9.17, 15) is 4.79 Å². The SMILES string of the molecule is CC(CCC(=O)N(C)Cc1ncc[nH]1)N1CCOCC1. The van der Waals surface area contributed by atoms with Gasteiger partial charge in [0.05, 0.1) is 19.8 Å². The number of H-pyrrole nitrogens is 1. The third-order valence-corrected chi connectivity index (χ3v) is 3.81. The Kier molecular flexibility index (Phi) is 5.55. The number of ether oxygens (including phenoxy) is 1. The number of nitrogens with one attached hydrogen (secondary N) is 1. The molecule has 0 radical (unpaired) electrons. The van der Waals surface area contributed by atoms with E-state index in [4.69, 9.17) is 4.74 Å². The lowest BCUT2D eigenvalue weighted by Gasteiger charge is -2.32. The third kappa shape index (κ3) is 4.31. The van der Waals surface area contributed by atoms with Crippen molar-refractivity contribution in [1.29, 1.82) is 0 Å². The molecule has 112 valence electrons. The summed E-state index contributed by atoms with van der Waals surface area (Å²) in [4.78, 5) is 23.4. The molecule has 0 bridgehead atoms. The quantitative estimate of drug-likeness (QED) is 0.840. The van der Waals surface area contributed by atoms with Gasteiger partial charge in [0.15, 0.2) is 0 Å². The van der Waals surface area contributed by atoms with Gasteiger partial charge in [-0.2, -0.15) is 0 Å². The Bertz CT molecular complexity index is 401. The lowest BCUT2D eigenvalue weighted by atomic mass is 10.1. The monoisotopic (exact) mass is 280 g/mol. The first-order valence-electron chi connectivity index (χ1n) is 7.21. The minimum atomic E-state index is 0.168. The molecule has 6 nitrogen and oxygen atoms in total. The summed E-state index contributed by atoms with van der Waals surface area (Å²) in [6.45, 7) is 6.27. The molecule has 1 atom stereocenters. The van der Waals surface area contributed by atoms with Gasteiger partial charge in [0.25, 0.3) is 0 Å². The van der Waals surface area contributed by atoms with Crippen LogP contribution in [0.2, 0.25) is 0 Å². The van der Waals surface area contributed by atoms with E-state index in [2.05, 4.69) is 21.8 Å². The molecule has 1 aromatic heterocycles. The van der Waals surface area contributed by atoms with Crippen molar-refractivity contribution in [3.8, 4) is 0 Å². The van der Waals surface area contributed by atoms with Crippen LogP contribution in [0.15, 0.2) is 12.4 Å². The first-order valence-corrected chi connectivity index (χ1v) is 7.21. The number of carbonyl (C=O) groups is 1. The van der Waals surface area contributed by atoms with Gasteiger partial charge in [0, 0.05) is 45.0 Å². The van der Waals surface area contributed by atoms with Gasteiger partial charge in [-0.1, -0.05) is 0 Å². The summed E-state index contributed by atoms with van der Waals surface area (Å²) in [7, 11) is 1.82. The number of carbonyl (C=O) groups excluding carboxylic acids is 1. The molecular weight excluding hydrogens is 256 g/mol. The van der Waals surface area contributed by atoms with Gasteiger partial charge < -0.3 is 14.6 Å². The van der Waals surface area contributed by atoms with E-state index in [1.54, 1.807) is 17.3 Å². The molecule has 1 N–H and O–H groups in total. The Balaban J connectivity index is 1.70. The van der Waals surface area contributed by atoms with Crippen molar-refractivity contribution in [2.45, 2.75) is 32.4 Å². The topological polar surface area (TPSA) is 61.5 Å². The number of amides is 1. The van der Waals surface area contributed by atoms with E-state index in [-0.39, 0.29) is 5.91 Å². The maximum absolute atomic E-state index is 12.1. The lowest BCUT2D eigenvalue weighted by molar-refractivity contribution is -0.131. The van der Waals surface area contributed by atoms with Crippen molar-refractivity contribution in [2.75, 3.05) is 33.4 Å². The highest BCUT2D eigenvalue weighted by atomic mass is 16.5. The molecule has 1 unspecified atom stereocenters. The van der Waals surface area contributed by atoms with E-state index >= 15 is 0 Å². The Morgan fingerprint density at radius 3 is 2.95 bits per heavy atom. The zero-order valence-corrected chi connectivity index (χ0v) is 12.3. The summed E-state index contributed by atoms with van der Waals surface area (Å²) in [6, 6.07) is 0.430. The van der Waals surface area contributed by atoms with Crippen LogP contribution in [0, 0.1) is 0 Å². The lowest BCUT2D eigenvalue weighted by Crippen LogP contribution is -2.42. The summed E-state index contributed by atoms with van der Waals surface area (Å²) < 4.78 is 5.35. The number of morpholine rings is 1. The van der Waals surface area contributed by atoms with Gasteiger partial charge in [0.2, 0.25) is 5.91 Å². The van der Waals surface area contributed by atoms with E-state index in [0.29, 0.717) is 19.0 Å². The predicted molar refractivity (Wildman–Crippen MR) is 76.1 cm³/mol. The molecule has 1 aromatic rings. The molecule has 0 spiro atoms. The van der Waals surface area contributed by atoms with Gasteiger partial charge >= 0.3 is 0 Å². The van der Waals surface area contributed by atoms with Crippen LogP contribution in [0.1, 0.15) is 25.6 Å². The largest absolute Gasteiger partial charge is 0.379 e. The smallest absolute Gasteiger partial charge is 0.222 e. The second-order valence-corrected chi connectivity index (χ2v) is 5.32. The van der Waals surface area contributed by atoms with Crippen LogP contribution >= 0.6 is 0 Å². The maximum atomic E-state index is 12.1. The van der Waals surface area contributed by atoms with Gasteiger partial charge in [-0.05, 0) is 13.3 Å². The van der Waals surface area contributed by atoms with Crippen molar-refractivity contribution in [3.05, 3.63) is 18.2 Å². The first kappa shape index (κ1) is 15.0. The van der Waals surface area contributed by atoms with Crippen molar-refractivity contribution in [2.24, 2.45) is 0 Å². The van der Waals surface area contributed by atoms with E-state index in [1.165, 1.54) is 0 Å². The number of hydrogen-bond acceptors (Lipinski definition) is 4. The van der Waals surface area contributed by atoms with Gasteiger partial charge in [-0.3, -0.25) is 9.69 Å². The molecule has 2 rings (SSSR count). The van der Waals surface area contributed by atoms with Gasteiger partial charge in [-0.15, -0.1) is 0 Å². The number of aromatic amines is 1. The normalized spacial score (nSPS) is 17.9. The minimum Gasteiger partial charge on any atom is -0.379 e. The molecule has 0 saturated carbocycles. The number of imidazole rings is 1. The molecule has 0 aliphatic carbocycles. The summed E-state index contributed by atoms with van der Waals surface area (Å²) in [6.07, 6.45) is 4.94. The van der Waals surface area contributed by atoms with Gasteiger partial charge in [0.1, 0.15) is 5.82 Å². The molecule has 0 aromatic carbocycles. The maximum Gasteiger partial charge on any atom is 0.222 e. The molecular formula is C14H24N4O2. The van der Waals surface area contributed by atoms with Gasteiger partial charge in [-0.25, -0.2) is 4.98 Å². The minimum absolute atomic E-state index is 0.168. The van der Waals surface area contributed by atoms with Crippen molar-refractivity contribution < 1.29 is 9.53 Å². The van der Waals surface area contributed by atoms with Crippen LogP contribution in [0.4, 0.5) is 0 Å². The molecule has 20 heavy (non-hydrogen) atoms. The molecule has 1 aliphatic heterocycles. The number of hydrogen-bond donors (Lipinski definition) is 1. The third-order valence-electron chi connectivity index (χ3n) is 3.81. The summed E-state index contributed by atoms with van der Waals surface area (Å²) in [5.74, 6) is 0.989. The highest BCUT2D eigenvalue weighted by Gasteiger charge is 2.19. The zero-order valence-electron chi connectivity index (χ0n) is 12.3. The average molecular weight is 280 g/mol. The van der Waals surface area contributed by atoms with Crippen LogP contribution in [-0.2, 0) is 16.1 Å². The first-order chi connectivity index (χ1) is 9.66. The van der Waals surface area contributed by atoms with Crippen LogP contribution in [0.3, 0.4) is 0 Å².